The lowest BCUT2D eigenvalue weighted by Gasteiger charge is -2.25. The second kappa shape index (κ2) is 17.7. The van der Waals surface area contributed by atoms with E-state index in [9.17, 15) is 21.6 Å². The minimum Gasteiger partial charge on any atom is -0.479 e. The van der Waals surface area contributed by atoms with Crippen molar-refractivity contribution >= 4 is 31.3 Å². The van der Waals surface area contributed by atoms with Crippen molar-refractivity contribution < 1.29 is 31.1 Å². The lowest BCUT2D eigenvalue weighted by Crippen LogP contribution is -2.33. The molecule has 0 fully saturated rings. The minimum absolute atomic E-state index is 0.0850. The molecule has 8 nitrogen and oxygen atoms in total. The molecule has 37 heavy (non-hydrogen) atoms. The van der Waals surface area contributed by atoms with E-state index in [0.717, 1.165) is 31.8 Å². The van der Waals surface area contributed by atoms with Gasteiger partial charge in [0.1, 0.15) is 25.4 Å². The smallest absolute Gasteiger partial charge is 0.347 e. The average Bonchev–Trinajstić information content (AvgIpc) is 2.83. The molecule has 1 atom stereocenters. The predicted molar refractivity (Wildman–Crippen MR) is 151 cm³/mol. The molecule has 0 spiro atoms. The summed E-state index contributed by atoms with van der Waals surface area (Å²) in [6.07, 6.45) is 14.2. The van der Waals surface area contributed by atoms with Gasteiger partial charge in [-0.05, 0) is 37.1 Å². The zero-order valence-electron chi connectivity index (χ0n) is 23.1. The van der Waals surface area contributed by atoms with Crippen LogP contribution in [-0.2, 0) is 29.2 Å². The molecule has 1 aromatic carbocycles. The molecule has 1 unspecified atom stereocenters. The summed E-state index contributed by atoms with van der Waals surface area (Å²) in [6, 6.07) is 6.90. The van der Waals surface area contributed by atoms with Crippen LogP contribution in [0.2, 0.25) is 0 Å². The summed E-state index contributed by atoms with van der Waals surface area (Å²) >= 11 is 0. The fourth-order valence-corrected chi connectivity index (χ4v) is 5.10. The number of rotatable bonds is 21. The lowest BCUT2D eigenvalue weighted by atomic mass is 10.0. The molecule has 0 radical (unpaired) electrons. The topological polar surface area (TPSA) is 107 Å². The first-order chi connectivity index (χ1) is 17.4. The van der Waals surface area contributed by atoms with Crippen molar-refractivity contribution in [3.63, 3.8) is 0 Å². The third-order valence-corrected chi connectivity index (χ3v) is 8.08. The van der Waals surface area contributed by atoms with Crippen LogP contribution >= 0.6 is 0 Å². The SMILES string of the molecule is CCCCCCCCCCCCC(Oc1ccc(N(CCS(C)(=O)=O)CCS(C)(=O)=O)cc1)C(=O)OC. The number of hydrogen-bond acceptors (Lipinski definition) is 8. The molecule has 0 aromatic heterocycles. The molecule has 0 aliphatic rings. The van der Waals surface area contributed by atoms with Gasteiger partial charge in [0.05, 0.1) is 18.6 Å². The fourth-order valence-electron chi connectivity index (χ4n) is 4.00. The predicted octanol–water partition coefficient (Wildman–Crippen LogP) is 4.81. The van der Waals surface area contributed by atoms with Crippen LogP contribution < -0.4 is 9.64 Å². The van der Waals surface area contributed by atoms with Crippen molar-refractivity contribution in [1.29, 1.82) is 0 Å². The number of esters is 1. The van der Waals surface area contributed by atoms with Crippen molar-refractivity contribution in [3.05, 3.63) is 24.3 Å². The molecule has 214 valence electrons. The number of ether oxygens (including phenoxy) is 2. The Labute approximate surface area is 224 Å². The zero-order valence-corrected chi connectivity index (χ0v) is 24.7. The Kier molecular flexibility index (Phi) is 15.8. The van der Waals surface area contributed by atoms with Crippen molar-refractivity contribution in [2.24, 2.45) is 0 Å². The number of carbonyl (C=O) groups is 1. The summed E-state index contributed by atoms with van der Waals surface area (Å²) in [5, 5.41) is 0. The first-order valence-corrected chi connectivity index (χ1v) is 17.5. The van der Waals surface area contributed by atoms with E-state index < -0.39 is 31.7 Å². The van der Waals surface area contributed by atoms with Gasteiger partial charge in [-0.1, -0.05) is 64.7 Å². The highest BCUT2D eigenvalue weighted by Crippen LogP contribution is 2.22. The van der Waals surface area contributed by atoms with E-state index in [1.54, 1.807) is 29.2 Å². The van der Waals surface area contributed by atoms with Crippen LogP contribution in [0, 0.1) is 0 Å². The molecule has 0 amide bonds. The molecule has 1 rings (SSSR count). The summed E-state index contributed by atoms with van der Waals surface area (Å²) in [4.78, 5) is 14.0. The van der Waals surface area contributed by atoms with Gasteiger partial charge in [0.2, 0.25) is 0 Å². The average molecular weight is 562 g/mol. The molecule has 0 saturated carbocycles. The van der Waals surface area contributed by atoms with Crippen LogP contribution in [-0.4, -0.2) is 73.1 Å². The van der Waals surface area contributed by atoms with E-state index in [1.165, 1.54) is 52.1 Å². The first-order valence-electron chi connectivity index (χ1n) is 13.4. The second-order valence-electron chi connectivity index (χ2n) is 9.84. The summed E-state index contributed by atoms with van der Waals surface area (Å²) in [5.41, 5.74) is 0.684. The third kappa shape index (κ3) is 16.6. The summed E-state index contributed by atoms with van der Waals surface area (Å²) in [5.74, 6) is -0.0864. The molecule has 0 aliphatic carbocycles. The Bertz CT molecular complexity index is 941. The number of hydrogen-bond donors (Lipinski definition) is 0. The minimum atomic E-state index is -3.21. The molecule has 0 aliphatic heterocycles. The monoisotopic (exact) mass is 561 g/mol. The van der Waals surface area contributed by atoms with E-state index in [0.29, 0.717) is 17.9 Å². The van der Waals surface area contributed by atoms with Crippen LogP contribution in [0.1, 0.15) is 77.6 Å². The van der Waals surface area contributed by atoms with Crippen molar-refractivity contribution in [2.45, 2.75) is 83.7 Å². The van der Waals surface area contributed by atoms with Gasteiger partial charge in [-0.2, -0.15) is 0 Å². The summed E-state index contributed by atoms with van der Waals surface area (Å²) in [6.45, 7) is 2.58. The Morgan fingerprint density at radius 2 is 1.24 bits per heavy atom. The summed E-state index contributed by atoms with van der Waals surface area (Å²) < 4.78 is 57.4. The zero-order chi connectivity index (χ0) is 27.7. The fraction of sp³-hybridized carbons (Fsp3) is 0.741. The Hall–Kier alpha value is -1.81. The van der Waals surface area contributed by atoms with Gasteiger partial charge in [0.15, 0.2) is 6.10 Å². The standard InChI is InChI=1S/C27H47NO7S2/c1-5-6-7-8-9-10-11-12-13-14-15-26(27(29)34-2)35-25-18-16-24(17-19-25)28(20-22-36(3,30)31)21-23-37(4,32)33/h16-19,26H,5-15,20-23H2,1-4H3. The van der Waals surface area contributed by atoms with Crippen LogP contribution in [0.3, 0.4) is 0 Å². The number of benzene rings is 1. The number of carbonyl (C=O) groups excluding carboxylic acids is 1. The molecular formula is C27H47NO7S2. The number of unbranched alkanes of at least 4 members (excludes halogenated alkanes) is 9. The second-order valence-corrected chi connectivity index (χ2v) is 14.4. The number of nitrogens with zero attached hydrogens (tertiary/aromatic N) is 1. The highest BCUT2D eigenvalue weighted by Gasteiger charge is 2.21. The Balaban J connectivity index is 2.63. The largest absolute Gasteiger partial charge is 0.479 e. The van der Waals surface area contributed by atoms with E-state index >= 15 is 0 Å². The van der Waals surface area contributed by atoms with Gasteiger partial charge in [-0.25, -0.2) is 21.6 Å². The van der Waals surface area contributed by atoms with E-state index in [4.69, 9.17) is 9.47 Å². The normalized spacial score (nSPS) is 12.8. The molecule has 1 aromatic rings. The number of sulfone groups is 2. The molecule has 0 bridgehead atoms. The van der Waals surface area contributed by atoms with Gasteiger partial charge in [-0.3, -0.25) is 0 Å². The van der Waals surface area contributed by atoms with Gasteiger partial charge in [-0.15, -0.1) is 0 Å². The van der Waals surface area contributed by atoms with Crippen molar-refractivity contribution in [1.82, 2.24) is 0 Å². The Morgan fingerprint density at radius 1 is 0.784 bits per heavy atom. The maximum Gasteiger partial charge on any atom is 0.347 e. The molecule has 0 heterocycles. The maximum atomic E-state index is 12.3. The number of anilines is 1. The van der Waals surface area contributed by atoms with Crippen molar-refractivity contribution in [3.8, 4) is 5.75 Å². The number of methoxy groups -OCH3 is 1. The van der Waals surface area contributed by atoms with E-state index in [1.807, 2.05) is 0 Å². The Morgan fingerprint density at radius 3 is 1.68 bits per heavy atom. The molecule has 10 heteroatoms. The van der Waals surface area contributed by atoms with Crippen LogP contribution in [0.4, 0.5) is 5.69 Å². The van der Waals surface area contributed by atoms with Crippen molar-refractivity contribution in [2.75, 3.05) is 49.1 Å². The highest BCUT2D eigenvalue weighted by atomic mass is 32.2. The van der Waals surface area contributed by atoms with Crippen LogP contribution in [0.15, 0.2) is 24.3 Å². The van der Waals surface area contributed by atoms with Gasteiger partial charge in [0, 0.05) is 31.3 Å². The quantitative estimate of drug-likeness (QED) is 0.155. The third-order valence-electron chi connectivity index (χ3n) is 6.23. The highest BCUT2D eigenvalue weighted by molar-refractivity contribution is 7.90. The lowest BCUT2D eigenvalue weighted by molar-refractivity contribution is -0.149. The first kappa shape index (κ1) is 33.2. The molecule has 0 N–H and O–H groups in total. The van der Waals surface area contributed by atoms with Crippen LogP contribution in [0.25, 0.3) is 0 Å². The molecule has 0 saturated heterocycles. The van der Waals surface area contributed by atoms with Gasteiger partial charge < -0.3 is 14.4 Å². The van der Waals surface area contributed by atoms with Crippen LogP contribution in [0.5, 0.6) is 5.75 Å². The maximum absolute atomic E-state index is 12.3. The molecular weight excluding hydrogens is 514 g/mol. The van der Waals surface area contributed by atoms with E-state index in [-0.39, 0.29) is 24.6 Å². The summed E-state index contributed by atoms with van der Waals surface area (Å²) in [7, 11) is -5.06. The van der Waals surface area contributed by atoms with Gasteiger partial charge in [0.25, 0.3) is 0 Å². The van der Waals surface area contributed by atoms with E-state index in [2.05, 4.69) is 6.92 Å². The van der Waals surface area contributed by atoms with Gasteiger partial charge >= 0.3 is 5.97 Å².